The van der Waals surface area contributed by atoms with E-state index in [9.17, 15) is 14.9 Å². The molecule has 0 saturated carbocycles. The number of aryl methyl sites for hydroxylation is 1. The Hall–Kier alpha value is -3.30. The van der Waals surface area contributed by atoms with E-state index in [2.05, 4.69) is 5.32 Å². The Bertz CT molecular complexity index is 930. The van der Waals surface area contributed by atoms with Crippen molar-refractivity contribution < 1.29 is 19.1 Å². The Morgan fingerprint density at radius 1 is 1.21 bits per heavy atom. The summed E-state index contributed by atoms with van der Waals surface area (Å²) in [6, 6.07) is 13.7. The first kappa shape index (κ1) is 21.0. The van der Waals surface area contributed by atoms with Crippen molar-refractivity contribution in [1.82, 2.24) is 0 Å². The van der Waals surface area contributed by atoms with E-state index in [1.165, 1.54) is 6.08 Å². The molecule has 1 amide bonds. The van der Waals surface area contributed by atoms with Crippen LogP contribution in [-0.2, 0) is 14.3 Å². The summed E-state index contributed by atoms with van der Waals surface area (Å²) in [5.41, 5.74) is 1.77. The molecule has 2 aromatic rings. The van der Waals surface area contributed by atoms with Gasteiger partial charge in [-0.2, -0.15) is 5.26 Å². The summed E-state index contributed by atoms with van der Waals surface area (Å²) in [6.45, 7) is 3.70. The van der Waals surface area contributed by atoms with E-state index in [0.29, 0.717) is 28.6 Å². The third kappa shape index (κ3) is 6.15. The SMILES string of the molecule is CCOc1ccc(/C=C(\C#N)C(=O)OCC(=O)Nc2ccc(Cl)cc2C)cc1. The quantitative estimate of drug-likeness (QED) is 0.430. The van der Waals surface area contributed by atoms with E-state index in [0.717, 1.165) is 5.56 Å². The van der Waals surface area contributed by atoms with Gasteiger partial charge in [0.05, 0.1) is 6.61 Å². The fourth-order valence-corrected chi connectivity index (χ4v) is 2.52. The molecule has 0 aliphatic rings. The van der Waals surface area contributed by atoms with Crippen LogP contribution in [0.4, 0.5) is 5.69 Å². The molecule has 0 bridgehead atoms. The van der Waals surface area contributed by atoms with Crippen LogP contribution in [0.15, 0.2) is 48.0 Å². The van der Waals surface area contributed by atoms with Crippen molar-refractivity contribution in [3.05, 3.63) is 64.2 Å². The number of carbonyl (C=O) groups is 2. The third-order valence-electron chi connectivity index (χ3n) is 3.64. The van der Waals surface area contributed by atoms with Gasteiger partial charge < -0.3 is 14.8 Å². The number of amides is 1. The Morgan fingerprint density at radius 3 is 2.54 bits per heavy atom. The van der Waals surface area contributed by atoms with Gasteiger partial charge in [-0.25, -0.2) is 4.79 Å². The minimum Gasteiger partial charge on any atom is -0.494 e. The Kier molecular flexibility index (Phi) is 7.61. The van der Waals surface area contributed by atoms with E-state index in [-0.39, 0.29) is 5.57 Å². The maximum Gasteiger partial charge on any atom is 0.349 e. The van der Waals surface area contributed by atoms with Gasteiger partial charge in [0.2, 0.25) is 0 Å². The lowest BCUT2D eigenvalue weighted by atomic mass is 10.1. The van der Waals surface area contributed by atoms with Crippen molar-refractivity contribution in [2.45, 2.75) is 13.8 Å². The Morgan fingerprint density at radius 2 is 1.93 bits per heavy atom. The van der Waals surface area contributed by atoms with Gasteiger partial charge in [-0.1, -0.05) is 23.7 Å². The minimum absolute atomic E-state index is 0.209. The number of halogens is 1. The number of benzene rings is 2. The van der Waals surface area contributed by atoms with Crippen molar-refractivity contribution in [1.29, 1.82) is 5.26 Å². The van der Waals surface area contributed by atoms with Crippen LogP contribution in [0.2, 0.25) is 5.02 Å². The molecule has 7 heteroatoms. The van der Waals surface area contributed by atoms with Gasteiger partial charge in [0, 0.05) is 10.7 Å². The van der Waals surface area contributed by atoms with Crippen LogP contribution in [0.5, 0.6) is 5.75 Å². The van der Waals surface area contributed by atoms with Crippen LogP contribution in [0.3, 0.4) is 0 Å². The molecule has 2 rings (SSSR count). The fraction of sp³-hybridized carbons (Fsp3) is 0.190. The smallest absolute Gasteiger partial charge is 0.349 e. The molecular weight excluding hydrogens is 380 g/mol. The number of nitrogens with one attached hydrogen (secondary N) is 1. The molecule has 0 fully saturated rings. The Labute approximate surface area is 168 Å². The maximum absolute atomic E-state index is 12.1. The topological polar surface area (TPSA) is 88.4 Å². The number of hydrogen-bond donors (Lipinski definition) is 1. The molecule has 144 valence electrons. The number of esters is 1. The first-order valence-corrected chi connectivity index (χ1v) is 8.88. The average molecular weight is 399 g/mol. The summed E-state index contributed by atoms with van der Waals surface area (Å²) < 4.78 is 10.3. The zero-order chi connectivity index (χ0) is 20.5. The largest absolute Gasteiger partial charge is 0.494 e. The molecule has 1 N–H and O–H groups in total. The molecule has 0 radical (unpaired) electrons. The number of nitriles is 1. The highest BCUT2D eigenvalue weighted by Crippen LogP contribution is 2.19. The van der Waals surface area contributed by atoms with Crippen molar-refractivity contribution in [3.63, 3.8) is 0 Å². The number of ether oxygens (including phenoxy) is 2. The second kappa shape index (κ2) is 10.1. The highest BCUT2D eigenvalue weighted by atomic mass is 35.5. The fourth-order valence-electron chi connectivity index (χ4n) is 2.29. The molecule has 6 nitrogen and oxygen atoms in total. The van der Waals surface area contributed by atoms with Gasteiger partial charge in [-0.3, -0.25) is 4.79 Å². The van der Waals surface area contributed by atoms with Crippen LogP contribution in [-0.4, -0.2) is 25.1 Å². The first-order valence-electron chi connectivity index (χ1n) is 8.50. The summed E-state index contributed by atoms with van der Waals surface area (Å²) in [7, 11) is 0. The van der Waals surface area contributed by atoms with Gasteiger partial charge >= 0.3 is 5.97 Å². The third-order valence-corrected chi connectivity index (χ3v) is 3.87. The summed E-state index contributed by atoms with van der Waals surface area (Å²) in [5, 5.41) is 12.4. The zero-order valence-corrected chi connectivity index (χ0v) is 16.2. The van der Waals surface area contributed by atoms with Crippen molar-refractivity contribution in [3.8, 4) is 11.8 Å². The first-order chi connectivity index (χ1) is 13.4. The van der Waals surface area contributed by atoms with E-state index in [1.807, 2.05) is 6.92 Å². The van der Waals surface area contributed by atoms with Gasteiger partial charge in [-0.05, 0) is 61.4 Å². The summed E-state index contributed by atoms with van der Waals surface area (Å²) in [5.74, 6) is -0.702. The number of anilines is 1. The minimum atomic E-state index is -0.876. The number of hydrogen-bond acceptors (Lipinski definition) is 5. The molecule has 0 heterocycles. The van der Waals surface area contributed by atoms with Crippen molar-refractivity contribution >= 4 is 35.2 Å². The standard InChI is InChI=1S/C21H19ClN2O4/c1-3-27-18-7-4-15(5-8-18)11-16(12-23)21(26)28-13-20(25)24-19-9-6-17(22)10-14(19)2/h4-11H,3,13H2,1-2H3,(H,24,25)/b16-11+. The van der Waals surface area contributed by atoms with Gasteiger partial charge in [0.15, 0.2) is 6.61 Å². The molecule has 0 atom stereocenters. The van der Waals surface area contributed by atoms with Gasteiger partial charge in [0.25, 0.3) is 5.91 Å². The zero-order valence-electron chi connectivity index (χ0n) is 15.5. The molecule has 0 aliphatic heterocycles. The molecule has 0 saturated heterocycles. The molecule has 2 aromatic carbocycles. The monoisotopic (exact) mass is 398 g/mol. The van der Waals surface area contributed by atoms with Crippen LogP contribution in [0.1, 0.15) is 18.1 Å². The number of carbonyl (C=O) groups excluding carboxylic acids is 2. The van der Waals surface area contributed by atoms with Crippen LogP contribution in [0, 0.1) is 18.3 Å². The van der Waals surface area contributed by atoms with E-state index >= 15 is 0 Å². The second-order valence-electron chi connectivity index (χ2n) is 5.76. The normalized spacial score (nSPS) is 10.7. The van der Waals surface area contributed by atoms with Crippen molar-refractivity contribution in [2.75, 3.05) is 18.5 Å². The van der Waals surface area contributed by atoms with Gasteiger partial charge in [-0.15, -0.1) is 0 Å². The maximum atomic E-state index is 12.1. The highest BCUT2D eigenvalue weighted by molar-refractivity contribution is 6.30. The van der Waals surface area contributed by atoms with E-state index in [1.54, 1.807) is 55.5 Å². The van der Waals surface area contributed by atoms with Crippen LogP contribution >= 0.6 is 11.6 Å². The summed E-state index contributed by atoms with van der Waals surface area (Å²) >= 11 is 5.87. The van der Waals surface area contributed by atoms with Crippen LogP contribution in [0.25, 0.3) is 6.08 Å². The molecular formula is C21H19ClN2O4. The highest BCUT2D eigenvalue weighted by Gasteiger charge is 2.14. The molecule has 0 unspecified atom stereocenters. The molecule has 0 aromatic heterocycles. The lowest BCUT2D eigenvalue weighted by Gasteiger charge is -2.09. The number of nitrogens with zero attached hydrogens (tertiary/aromatic N) is 1. The van der Waals surface area contributed by atoms with E-state index in [4.69, 9.17) is 21.1 Å². The Balaban J connectivity index is 1.95. The predicted octanol–water partition coefficient (Wildman–Crippen LogP) is 4.14. The second-order valence-corrected chi connectivity index (χ2v) is 6.19. The molecule has 28 heavy (non-hydrogen) atoms. The molecule has 0 aliphatic carbocycles. The van der Waals surface area contributed by atoms with E-state index < -0.39 is 18.5 Å². The lowest BCUT2D eigenvalue weighted by molar-refractivity contribution is -0.142. The van der Waals surface area contributed by atoms with Gasteiger partial charge in [0.1, 0.15) is 17.4 Å². The van der Waals surface area contributed by atoms with Crippen LogP contribution < -0.4 is 10.1 Å². The predicted molar refractivity (Wildman–Crippen MR) is 107 cm³/mol. The lowest BCUT2D eigenvalue weighted by Crippen LogP contribution is -2.21. The molecule has 0 spiro atoms. The van der Waals surface area contributed by atoms with Crippen molar-refractivity contribution in [2.24, 2.45) is 0 Å². The number of rotatable bonds is 7. The average Bonchev–Trinajstić information content (AvgIpc) is 2.68. The summed E-state index contributed by atoms with van der Waals surface area (Å²) in [6.07, 6.45) is 1.39. The summed E-state index contributed by atoms with van der Waals surface area (Å²) in [4.78, 5) is 24.1.